The molecule has 0 atom stereocenters. The summed E-state index contributed by atoms with van der Waals surface area (Å²) in [5, 5.41) is 10.3. The highest BCUT2D eigenvalue weighted by Gasteiger charge is 2.29. The molecule has 2 N–H and O–H groups in total. The molecule has 0 amide bonds. The summed E-state index contributed by atoms with van der Waals surface area (Å²) in [6.45, 7) is 0.991. The average Bonchev–Trinajstić information content (AvgIpc) is 3.46. The van der Waals surface area contributed by atoms with Gasteiger partial charge in [0.05, 0.1) is 17.5 Å². The number of nitrogen functional groups attached to an aromatic ring is 1. The van der Waals surface area contributed by atoms with Crippen molar-refractivity contribution in [2.45, 2.75) is 18.8 Å². The Morgan fingerprint density at radius 2 is 1.80 bits per heavy atom. The molecule has 0 bridgehead atoms. The summed E-state index contributed by atoms with van der Waals surface area (Å²) < 4.78 is 29.2. The zero-order valence-corrected chi connectivity index (χ0v) is 20.1. The van der Waals surface area contributed by atoms with Crippen molar-refractivity contribution in [1.29, 1.82) is 0 Å². The van der Waals surface area contributed by atoms with Crippen molar-refractivity contribution >= 4 is 32.3 Å². The Balaban J connectivity index is 1.42. The first-order chi connectivity index (χ1) is 16.9. The fourth-order valence-electron chi connectivity index (χ4n) is 4.98. The number of aromatic nitrogens is 5. The molecule has 1 aliphatic rings. The summed E-state index contributed by atoms with van der Waals surface area (Å²) in [5.41, 5.74) is 11.9. The zero-order chi connectivity index (χ0) is 24.2. The van der Waals surface area contributed by atoms with E-state index in [2.05, 4.69) is 34.3 Å². The number of anilines is 1. The van der Waals surface area contributed by atoms with Crippen molar-refractivity contribution < 1.29 is 8.42 Å². The van der Waals surface area contributed by atoms with Gasteiger partial charge >= 0.3 is 0 Å². The molecule has 178 valence electrons. The molecule has 5 aromatic rings. The Morgan fingerprint density at radius 3 is 2.54 bits per heavy atom. The zero-order valence-electron chi connectivity index (χ0n) is 19.2. The van der Waals surface area contributed by atoms with Crippen LogP contribution in [0.4, 0.5) is 5.82 Å². The molecule has 4 heterocycles. The summed E-state index contributed by atoms with van der Waals surface area (Å²) in [6, 6.07) is 18.3. The fraction of sp³-hybridized carbons (Fsp3) is 0.240. The van der Waals surface area contributed by atoms with Gasteiger partial charge in [-0.3, -0.25) is 0 Å². The molecule has 1 aliphatic heterocycles. The first-order valence-corrected chi connectivity index (χ1v) is 13.4. The van der Waals surface area contributed by atoms with Crippen LogP contribution in [0.1, 0.15) is 24.5 Å². The highest BCUT2D eigenvalue weighted by molar-refractivity contribution is 7.88. The lowest BCUT2D eigenvalue weighted by atomic mass is 9.94. The Bertz CT molecular complexity index is 1650. The van der Waals surface area contributed by atoms with E-state index < -0.39 is 10.0 Å². The molecule has 35 heavy (non-hydrogen) atoms. The number of fused-ring (bicyclic) bond motifs is 2. The summed E-state index contributed by atoms with van der Waals surface area (Å²) in [4.78, 5) is 4.24. The van der Waals surface area contributed by atoms with Crippen LogP contribution >= 0.6 is 0 Å². The van der Waals surface area contributed by atoms with Crippen molar-refractivity contribution in [3.63, 3.8) is 0 Å². The number of hydrogen-bond acceptors (Lipinski definition) is 6. The molecule has 1 saturated heterocycles. The normalized spacial score (nSPS) is 15.8. The van der Waals surface area contributed by atoms with Crippen molar-refractivity contribution in [2.75, 3.05) is 25.1 Å². The highest BCUT2D eigenvalue weighted by Crippen LogP contribution is 2.37. The van der Waals surface area contributed by atoms with Crippen LogP contribution in [0.2, 0.25) is 0 Å². The number of nitrogens with zero attached hydrogens (tertiary/aromatic N) is 6. The third-order valence-electron chi connectivity index (χ3n) is 6.79. The Morgan fingerprint density at radius 1 is 1.03 bits per heavy atom. The van der Waals surface area contributed by atoms with Gasteiger partial charge in [-0.1, -0.05) is 30.3 Å². The predicted molar refractivity (Wildman–Crippen MR) is 136 cm³/mol. The lowest BCUT2D eigenvalue weighted by molar-refractivity contribution is 0.317. The molecule has 0 radical (unpaired) electrons. The minimum absolute atomic E-state index is 0.171. The van der Waals surface area contributed by atoms with E-state index in [0.717, 1.165) is 51.8 Å². The van der Waals surface area contributed by atoms with E-state index in [9.17, 15) is 8.42 Å². The van der Waals surface area contributed by atoms with Crippen LogP contribution in [0.15, 0.2) is 67.1 Å². The molecule has 3 aromatic heterocycles. The van der Waals surface area contributed by atoms with E-state index in [-0.39, 0.29) is 5.92 Å². The van der Waals surface area contributed by atoms with Crippen LogP contribution in [0.25, 0.3) is 33.2 Å². The first kappa shape index (κ1) is 21.8. The van der Waals surface area contributed by atoms with Crippen molar-refractivity contribution in [2.24, 2.45) is 0 Å². The molecule has 6 rings (SSSR count). The van der Waals surface area contributed by atoms with E-state index in [1.807, 2.05) is 45.7 Å². The molecule has 0 unspecified atom stereocenters. The van der Waals surface area contributed by atoms with Crippen LogP contribution in [-0.4, -0.2) is 56.4 Å². The number of benzene rings is 2. The Hall–Kier alpha value is -3.76. The lowest BCUT2D eigenvalue weighted by Crippen LogP contribution is -2.37. The van der Waals surface area contributed by atoms with Crippen molar-refractivity contribution in [1.82, 2.24) is 28.7 Å². The van der Waals surface area contributed by atoms with Gasteiger partial charge in [0.25, 0.3) is 0 Å². The van der Waals surface area contributed by atoms with Gasteiger partial charge < -0.3 is 5.73 Å². The minimum Gasteiger partial charge on any atom is -0.382 e. The molecule has 0 spiro atoms. The summed E-state index contributed by atoms with van der Waals surface area (Å²) >= 11 is 0. The molecule has 2 aromatic carbocycles. The number of sulfonamides is 1. The summed E-state index contributed by atoms with van der Waals surface area (Å²) in [5.74, 6) is 0.578. The second kappa shape index (κ2) is 8.17. The molecule has 10 heteroatoms. The fourth-order valence-corrected chi connectivity index (χ4v) is 5.86. The standard InChI is InChI=1S/C25H25N7O2S/c1-35(33,34)30-11-9-17(10-12-30)23-14-21(24-25(26)27-16-28-32(23)24)18-7-8-19-15-31(29-22(19)13-18)20-5-3-2-4-6-20/h2-8,13-17H,9-12H2,1H3,(H2,26,27,28). The molecule has 9 nitrogen and oxygen atoms in total. The molecule has 1 fully saturated rings. The molecule has 0 saturated carbocycles. The number of hydrogen-bond donors (Lipinski definition) is 1. The number of piperidine rings is 1. The van der Waals surface area contributed by atoms with Crippen LogP contribution in [-0.2, 0) is 10.0 Å². The molecule has 0 aliphatic carbocycles. The van der Waals surface area contributed by atoms with Crippen molar-refractivity contribution in [3.05, 3.63) is 72.8 Å². The van der Waals surface area contributed by atoms with E-state index in [1.165, 1.54) is 12.6 Å². The lowest BCUT2D eigenvalue weighted by Gasteiger charge is -2.29. The van der Waals surface area contributed by atoms with Crippen LogP contribution in [0, 0.1) is 0 Å². The Labute approximate surface area is 202 Å². The minimum atomic E-state index is -3.19. The summed E-state index contributed by atoms with van der Waals surface area (Å²) in [6.07, 6.45) is 6.20. The largest absolute Gasteiger partial charge is 0.382 e. The van der Waals surface area contributed by atoms with Gasteiger partial charge in [0.15, 0.2) is 5.82 Å². The number of para-hydroxylation sites is 1. The van der Waals surface area contributed by atoms with Gasteiger partial charge in [0.2, 0.25) is 10.0 Å². The van der Waals surface area contributed by atoms with E-state index >= 15 is 0 Å². The smallest absolute Gasteiger partial charge is 0.211 e. The second-order valence-electron chi connectivity index (χ2n) is 9.01. The first-order valence-electron chi connectivity index (χ1n) is 11.5. The number of nitrogens with two attached hydrogens (primary N) is 1. The Kier molecular flexibility index (Phi) is 5.08. The SMILES string of the molecule is CS(=O)(=O)N1CCC(c2cc(-c3ccc4cn(-c5ccccc5)nc4c3)c3c(N)ncnn23)CC1. The van der Waals surface area contributed by atoms with Crippen LogP contribution in [0.3, 0.4) is 0 Å². The monoisotopic (exact) mass is 487 g/mol. The summed E-state index contributed by atoms with van der Waals surface area (Å²) in [7, 11) is -3.19. The van der Waals surface area contributed by atoms with Gasteiger partial charge in [0, 0.05) is 41.8 Å². The van der Waals surface area contributed by atoms with Crippen LogP contribution in [0.5, 0.6) is 0 Å². The van der Waals surface area contributed by atoms with Gasteiger partial charge in [-0.15, -0.1) is 0 Å². The maximum atomic E-state index is 12.0. The van der Waals surface area contributed by atoms with Crippen molar-refractivity contribution in [3.8, 4) is 16.8 Å². The second-order valence-corrected chi connectivity index (χ2v) is 11.0. The molecular weight excluding hydrogens is 462 g/mol. The van der Waals surface area contributed by atoms with Gasteiger partial charge in [0.1, 0.15) is 11.8 Å². The van der Waals surface area contributed by atoms with E-state index in [4.69, 9.17) is 10.8 Å². The van der Waals surface area contributed by atoms with Gasteiger partial charge in [-0.25, -0.2) is 26.9 Å². The third kappa shape index (κ3) is 3.84. The molecular formula is C25H25N7O2S. The van der Waals surface area contributed by atoms with Gasteiger partial charge in [-0.05, 0) is 42.7 Å². The average molecular weight is 488 g/mol. The highest BCUT2D eigenvalue weighted by atomic mass is 32.2. The van der Waals surface area contributed by atoms with E-state index in [0.29, 0.717) is 18.9 Å². The topological polar surface area (TPSA) is 111 Å². The van der Waals surface area contributed by atoms with Crippen LogP contribution < -0.4 is 5.73 Å². The van der Waals surface area contributed by atoms with E-state index in [1.54, 1.807) is 4.31 Å². The van der Waals surface area contributed by atoms with Gasteiger partial charge in [-0.2, -0.15) is 10.2 Å². The predicted octanol–water partition coefficient (Wildman–Crippen LogP) is 3.46. The third-order valence-corrected chi connectivity index (χ3v) is 8.09. The quantitative estimate of drug-likeness (QED) is 0.416. The maximum Gasteiger partial charge on any atom is 0.211 e. The maximum absolute atomic E-state index is 12.0. The number of rotatable bonds is 4.